The average molecular weight is 1110 g/mol. The molecule has 0 saturated heterocycles. The van der Waals surface area contributed by atoms with E-state index in [0.717, 1.165) is 128 Å². The van der Waals surface area contributed by atoms with Crippen LogP contribution in [-0.4, -0.2) is 37.2 Å². The molecule has 0 fully saturated rings. The van der Waals surface area contributed by atoms with Crippen molar-refractivity contribution in [3.63, 3.8) is 0 Å². The van der Waals surface area contributed by atoms with Crippen LogP contribution in [0.5, 0.6) is 0 Å². The van der Waals surface area contributed by atoms with Crippen LogP contribution in [0, 0.1) is 0 Å². The molecule has 0 aliphatic rings. The van der Waals surface area contributed by atoms with Gasteiger partial charge in [0.1, 0.15) is 13.2 Å². The van der Waals surface area contributed by atoms with E-state index in [2.05, 4.69) is 142 Å². The van der Waals surface area contributed by atoms with Gasteiger partial charge in [0.05, 0.1) is 0 Å². The molecule has 0 heterocycles. The van der Waals surface area contributed by atoms with Crippen molar-refractivity contribution in [1.82, 2.24) is 0 Å². The first-order valence-electron chi connectivity index (χ1n) is 33.5. The van der Waals surface area contributed by atoms with Crippen molar-refractivity contribution >= 4 is 17.9 Å². The van der Waals surface area contributed by atoms with Gasteiger partial charge in [0.15, 0.2) is 6.10 Å². The number of hydrogen-bond donors (Lipinski definition) is 0. The molecule has 6 nitrogen and oxygen atoms in total. The van der Waals surface area contributed by atoms with Gasteiger partial charge in [-0.15, -0.1) is 0 Å². The molecule has 1 atom stereocenters. The molecule has 0 bridgehead atoms. The van der Waals surface area contributed by atoms with E-state index in [4.69, 9.17) is 14.2 Å². The largest absolute Gasteiger partial charge is 0.462 e. The molecular formula is C74H124O6. The van der Waals surface area contributed by atoms with E-state index in [1.54, 1.807) is 0 Å². The van der Waals surface area contributed by atoms with E-state index in [1.807, 2.05) is 0 Å². The van der Waals surface area contributed by atoms with E-state index in [-0.39, 0.29) is 31.1 Å². The molecular weight excluding hydrogens is 985 g/mol. The van der Waals surface area contributed by atoms with Gasteiger partial charge in [-0.2, -0.15) is 0 Å². The fourth-order valence-corrected chi connectivity index (χ4v) is 9.26. The van der Waals surface area contributed by atoms with Gasteiger partial charge in [0.25, 0.3) is 0 Å². The zero-order chi connectivity index (χ0) is 57.8. The summed E-state index contributed by atoms with van der Waals surface area (Å²) >= 11 is 0. The molecule has 0 aromatic heterocycles. The summed E-state index contributed by atoms with van der Waals surface area (Å²) in [6.45, 7) is 6.42. The number of carbonyl (C=O) groups excluding carboxylic acids is 3. The molecule has 0 aromatic rings. The molecule has 0 aromatic carbocycles. The molecule has 80 heavy (non-hydrogen) atoms. The molecule has 456 valence electrons. The Bertz CT molecular complexity index is 1650. The molecule has 0 N–H and O–H groups in total. The predicted molar refractivity (Wildman–Crippen MR) is 348 cm³/mol. The summed E-state index contributed by atoms with van der Waals surface area (Å²) in [6.07, 6.45) is 93.6. The summed E-state index contributed by atoms with van der Waals surface area (Å²) in [5.74, 6) is -0.886. The van der Waals surface area contributed by atoms with E-state index in [9.17, 15) is 14.4 Å². The minimum atomic E-state index is -0.785. The SMILES string of the molecule is CC/C=C\C/C=C\C/C=C\C/C=C\C/C=C\C/C=C\C/C=C\CCCCCCCCCCCCCC(=O)OCC(COC(=O)CCCCCCCCCCCCCC)OC(=O)CCCCCCCCC/C=C\C/C=C\C/C=C\CC. The number of carbonyl (C=O) groups is 3. The highest BCUT2D eigenvalue weighted by atomic mass is 16.6. The standard InChI is InChI=1S/C74H124O6/c1-4-7-10-13-16-19-22-25-27-29-30-31-32-33-34-35-36-37-38-39-40-41-42-43-44-46-47-49-52-55-58-61-64-67-73(76)79-70-71(69-78-72(75)66-63-60-57-54-51-24-21-18-15-12-9-6-3)80-74(77)68-65-62-59-56-53-50-48-45-28-26-23-20-17-14-11-8-5-2/h7-8,10-11,16-17,19-20,25-28,30-31,33-34,36-37,39-40,71H,4-6,9,12-15,18,21-24,29,32,35,38,41-70H2,1-3H3/b10-7-,11-8-,19-16-,20-17-,27-25-,28-26-,31-30-,34-33-,37-36-,40-39-. The van der Waals surface area contributed by atoms with Crippen LogP contribution in [0.2, 0.25) is 0 Å². The highest BCUT2D eigenvalue weighted by Crippen LogP contribution is 2.16. The number of rotatable bonds is 60. The van der Waals surface area contributed by atoms with Gasteiger partial charge in [-0.3, -0.25) is 14.4 Å². The van der Waals surface area contributed by atoms with Crippen LogP contribution < -0.4 is 0 Å². The van der Waals surface area contributed by atoms with Gasteiger partial charge in [-0.1, -0.05) is 303 Å². The van der Waals surface area contributed by atoms with Crippen molar-refractivity contribution < 1.29 is 28.6 Å². The monoisotopic (exact) mass is 1110 g/mol. The third-order valence-electron chi connectivity index (χ3n) is 14.2. The van der Waals surface area contributed by atoms with Gasteiger partial charge in [0.2, 0.25) is 0 Å². The molecule has 0 rings (SSSR count). The first-order valence-corrected chi connectivity index (χ1v) is 33.5. The van der Waals surface area contributed by atoms with Crippen molar-refractivity contribution in [1.29, 1.82) is 0 Å². The lowest BCUT2D eigenvalue weighted by atomic mass is 10.0. The molecule has 0 aliphatic heterocycles. The zero-order valence-electron chi connectivity index (χ0n) is 52.3. The summed E-state index contributed by atoms with van der Waals surface area (Å²) in [7, 11) is 0. The van der Waals surface area contributed by atoms with Gasteiger partial charge in [0, 0.05) is 19.3 Å². The Labute approximate surface area is 494 Å². The Morgan fingerprint density at radius 1 is 0.263 bits per heavy atom. The highest BCUT2D eigenvalue weighted by molar-refractivity contribution is 5.71. The van der Waals surface area contributed by atoms with Crippen molar-refractivity contribution in [3.8, 4) is 0 Å². The second kappa shape index (κ2) is 67.3. The summed E-state index contributed by atoms with van der Waals surface area (Å²) < 4.78 is 16.9. The first-order chi connectivity index (χ1) is 39.5. The topological polar surface area (TPSA) is 78.9 Å². The summed E-state index contributed by atoms with van der Waals surface area (Å²) in [5, 5.41) is 0. The summed E-state index contributed by atoms with van der Waals surface area (Å²) in [4.78, 5) is 38.3. The van der Waals surface area contributed by atoms with Crippen LogP contribution in [0.3, 0.4) is 0 Å². The lowest BCUT2D eigenvalue weighted by Crippen LogP contribution is -2.30. The third kappa shape index (κ3) is 64.6. The lowest BCUT2D eigenvalue weighted by Gasteiger charge is -2.18. The Balaban J connectivity index is 4.23. The van der Waals surface area contributed by atoms with Gasteiger partial charge >= 0.3 is 17.9 Å². The van der Waals surface area contributed by atoms with Crippen LogP contribution in [0.25, 0.3) is 0 Å². The molecule has 6 heteroatoms. The third-order valence-corrected chi connectivity index (χ3v) is 14.2. The lowest BCUT2D eigenvalue weighted by molar-refractivity contribution is -0.167. The van der Waals surface area contributed by atoms with E-state index in [1.165, 1.54) is 141 Å². The fourth-order valence-electron chi connectivity index (χ4n) is 9.26. The van der Waals surface area contributed by atoms with Crippen molar-refractivity contribution in [2.45, 2.75) is 316 Å². The van der Waals surface area contributed by atoms with Crippen molar-refractivity contribution in [2.24, 2.45) is 0 Å². The normalized spacial score (nSPS) is 12.9. The van der Waals surface area contributed by atoms with E-state index in [0.29, 0.717) is 19.3 Å². The van der Waals surface area contributed by atoms with Crippen molar-refractivity contribution in [3.05, 3.63) is 122 Å². The minimum absolute atomic E-state index is 0.0810. The Morgan fingerprint density at radius 2 is 0.487 bits per heavy atom. The maximum Gasteiger partial charge on any atom is 0.306 e. The predicted octanol–water partition coefficient (Wildman–Crippen LogP) is 23.2. The molecule has 0 amide bonds. The second-order valence-electron chi connectivity index (χ2n) is 22.0. The molecule has 1 unspecified atom stereocenters. The van der Waals surface area contributed by atoms with Gasteiger partial charge < -0.3 is 14.2 Å². The van der Waals surface area contributed by atoms with Crippen LogP contribution >= 0.6 is 0 Å². The number of allylic oxidation sites excluding steroid dienone is 20. The van der Waals surface area contributed by atoms with E-state index < -0.39 is 6.10 Å². The van der Waals surface area contributed by atoms with E-state index >= 15 is 0 Å². The van der Waals surface area contributed by atoms with Crippen LogP contribution in [0.15, 0.2) is 122 Å². The molecule has 0 radical (unpaired) electrons. The zero-order valence-corrected chi connectivity index (χ0v) is 52.3. The smallest absolute Gasteiger partial charge is 0.306 e. The van der Waals surface area contributed by atoms with Crippen LogP contribution in [-0.2, 0) is 28.6 Å². The maximum absolute atomic E-state index is 12.9. The van der Waals surface area contributed by atoms with Gasteiger partial charge in [-0.05, 0) is 109 Å². The van der Waals surface area contributed by atoms with Gasteiger partial charge in [-0.25, -0.2) is 0 Å². The number of hydrogen-bond acceptors (Lipinski definition) is 6. The fraction of sp³-hybridized carbons (Fsp3) is 0.689. The maximum atomic E-state index is 12.9. The highest BCUT2D eigenvalue weighted by Gasteiger charge is 2.19. The van der Waals surface area contributed by atoms with Crippen LogP contribution in [0.1, 0.15) is 310 Å². The average Bonchev–Trinajstić information content (AvgIpc) is 3.46. The molecule has 0 saturated carbocycles. The molecule has 0 aliphatic carbocycles. The quantitative estimate of drug-likeness (QED) is 0.0261. The van der Waals surface area contributed by atoms with Crippen molar-refractivity contribution in [2.75, 3.05) is 13.2 Å². The Kier molecular flexibility index (Phi) is 63.8. The first kappa shape index (κ1) is 75.8. The number of ether oxygens (including phenoxy) is 3. The summed E-state index contributed by atoms with van der Waals surface area (Å²) in [5.41, 5.74) is 0. The number of esters is 3. The second-order valence-corrected chi connectivity index (χ2v) is 22.0. The Hall–Kier alpha value is -4.19. The number of unbranched alkanes of at least 4 members (excludes halogenated alkanes) is 29. The Morgan fingerprint density at radius 3 is 0.762 bits per heavy atom. The van der Waals surface area contributed by atoms with Crippen LogP contribution in [0.4, 0.5) is 0 Å². The molecule has 0 spiro atoms. The minimum Gasteiger partial charge on any atom is -0.462 e. The summed E-state index contributed by atoms with van der Waals surface area (Å²) in [6, 6.07) is 0.